The van der Waals surface area contributed by atoms with E-state index < -0.39 is 66.8 Å². The first kappa shape index (κ1) is 21.3. The molecule has 0 bridgehead atoms. The predicted octanol–water partition coefficient (Wildman–Crippen LogP) is 1.07. The number of carboxylic acids is 1. The number of rotatable bonds is 5. The fraction of sp³-hybridized carbons (Fsp3) is 0.375. The van der Waals surface area contributed by atoms with Gasteiger partial charge < -0.3 is 15.3 Å². The molecule has 1 saturated heterocycles. The summed E-state index contributed by atoms with van der Waals surface area (Å²) in [5.74, 6) is -12.8. The summed E-state index contributed by atoms with van der Waals surface area (Å²) in [4.78, 5) is 46.9. The number of carbonyl (C=O) groups excluding carboxylic acids is 3. The summed E-state index contributed by atoms with van der Waals surface area (Å²) in [7, 11) is 0. The molecule has 12 heteroatoms. The molecule has 1 unspecified atom stereocenters. The number of ketones is 1. The number of hydrogen-bond donors (Lipinski definition) is 2. The van der Waals surface area contributed by atoms with Gasteiger partial charge in [-0.3, -0.25) is 19.2 Å². The number of piperidine rings is 1. The average molecular weight is 408 g/mol. The molecule has 1 aliphatic rings. The van der Waals surface area contributed by atoms with Crippen molar-refractivity contribution < 1.29 is 46.2 Å². The first-order chi connectivity index (χ1) is 12.8. The van der Waals surface area contributed by atoms with Gasteiger partial charge in [-0.25, -0.2) is 0 Å². The Bertz CT molecular complexity index is 807. The lowest BCUT2D eigenvalue weighted by Gasteiger charge is -2.35. The number of benzene rings is 1. The van der Waals surface area contributed by atoms with Gasteiger partial charge in [0.15, 0.2) is 5.92 Å². The van der Waals surface area contributed by atoms with E-state index in [1.807, 2.05) is 0 Å². The molecule has 1 aliphatic heterocycles. The van der Waals surface area contributed by atoms with E-state index in [1.165, 1.54) is 0 Å². The van der Waals surface area contributed by atoms with Gasteiger partial charge >= 0.3 is 18.1 Å². The standard InChI is InChI=1S/C16H13F5N2O5/c17-15(18)7-23(6-8-1-3-9(4-2-8)16(19,20)21)14(28)11(12(15)26)13(27)22-5-10(24)25/h1-4,11H,5-7H2,(H,22,27)(H,24,25). The van der Waals surface area contributed by atoms with Crippen molar-refractivity contribution in [1.82, 2.24) is 10.2 Å². The van der Waals surface area contributed by atoms with E-state index in [-0.39, 0.29) is 5.56 Å². The number of hydrogen-bond acceptors (Lipinski definition) is 4. The molecule has 2 rings (SSSR count). The smallest absolute Gasteiger partial charge is 0.416 e. The minimum absolute atomic E-state index is 0.0659. The minimum Gasteiger partial charge on any atom is -0.480 e. The second-order valence-electron chi connectivity index (χ2n) is 6.00. The zero-order valence-electron chi connectivity index (χ0n) is 13.9. The number of halogens is 5. The van der Waals surface area contributed by atoms with Crippen LogP contribution in [0.25, 0.3) is 0 Å². The van der Waals surface area contributed by atoms with E-state index in [1.54, 1.807) is 5.32 Å². The molecule has 1 atom stereocenters. The Labute approximate surface area is 154 Å². The summed E-state index contributed by atoms with van der Waals surface area (Å²) in [5.41, 5.74) is -0.913. The highest BCUT2D eigenvalue weighted by molar-refractivity contribution is 6.21. The summed E-state index contributed by atoms with van der Waals surface area (Å²) in [6, 6.07) is 3.35. The molecular weight excluding hydrogens is 395 g/mol. The first-order valence-corrected chi connectivity index (χ1v) is 7.69. The summed E-state index contributed by atoms with van der Waals surface area (Å²) in [5, 5.41) is 10.2. The van der Waals surface area contributed by atoms with Crippen LogP contribution >= 0.6 is 0 Å². The predicted molar refractivity (Wildman–Crippen MR) is 81.0 cm³/mol. The van der Waals surface area contributed by atoms with Crippen molar-refractivity contribution in [3.05, 3.63) is 35.4 Å². The minimum atomic E-state index is -4.60. The molecule has 2 amide bonds. The summed E-state index contributed by atoms with van der Waals surface area (Å²) in [6.45, 7) is -2.91. The molecule has 28 heavy (non-hydrogen) atoms. The molecule has 152 valence electrons. The topological polar surface area (TPSA) is 104 Å². The highest BCUT2D eigenvalue weighted by atomic mass is 19.4. The lowest BCUT2D eigenvalue weighted by molar-refractivity contribution is -0.172. The van der Waals surface area contributed by atoms with Crippen LogP contribution in [0, 0.1) is 5.92 Å². The van der Waals surface area contributed by atoms with Crippen LogP contribution in [0.4, 0.5) is 22.0 Å². The number of amides is 2. The van der Waals surface area contributed by atoms with E-state index in [2.05, 4.69) is 0 Å². The third-order valence-corrected chi connectivity index (χ3v) is 3.90. The molecule has 1 fully saturated rings. The number of Topliss-reactive ketones (excluding diaryl/α,β-unsaturated/α-hetero) is 1. The molecule has 1 aromatic carbocycles. The lowest BCUT2D eigenvalue weighted by Crippen LogP contribution is -2.60. The molecule has 0 aliphatic carbocycles. The van der Waals surface area contributed by atoms with Gasteiger partial charge in [0.2, 0.25) is 17.6 Å². The molecular formula is C16H13F5N2O5. The van der Waals surface area contributed by atoms with Crippen molar-refractivity contribution in [3.8, 4) is 0 Å². The van der Waals surface area contributed by atoms with Crippen LogP contribution in [0.5, 0.6) is 0 Å². The fourth-order valence-electron chi connectivity index (χ4n) is 2.55. The maximum Gasteiger partial charge on any atom is 0.416 e. The van der Waals surface area contributed by atoms with E-state index in [0.29, 0.717) is 17.0 Å². The third-order valence-electron chi connectivity index (χ3n) is 3.90. The van der Waals surface area contributed by atoms with Gasteiger partial charge in [-0.05, 0) is 17.7 Å². The molecule has 1 heterocycles. The monoisotopic (exact) mass is 408 g/mol. The second kappa shape index (κ2) is 7.52. The number of carbonyl (C=O) groups is 4. The van der Waals surface area contributed by atoms with E-state index in [4.69, 9.17) is 5.11 Å². The molecule has 0 saturated carbocycles. The van der Waals surface area contributed by atoms with Gasteiger partial charge in [-0.1, -0.05) is 12.1 Å². The Balaban J connectivity index is 2.22. The fourth-order valence-corrected chi connectivity index (χ4v) is 2.55. The number of nitrogens with zero attached hydrogens (tertiary/aromatic N) is 1. The van der Waals surface area contributed by atoms with Crippen molar-refractivity contribution in [2.24, 2.45) is 5.92 Å². The summed E-state index contributed by atoms with van der Waals surface area (Å²) >= 11 is 0. The van der Waals surface area contributed by atoms with Gasteiger partial charge in [0.1, 0.15) is 6.54 Å². The number of alkyl halides is 5. The Kier molecular flexibility index (Phi) is 5.71. The van der Waals surface area contributed by atoms with Crippen molar-refractivity contribution in [3.63, 3.8) is 0 Å². The highest BCUT2D eigenvalue weighted by Gasteiger charge is 2.56. The Hall–Kier alpha value is -3.05. The van der Waals surface area contributed by atoms with E-state index in [0.717, 1.165) is 12.1 Å². The Morgan fingerprint density at radius 2 is 1.75 bits per heavy atom. The van der Waals surface area contributed by atoms with Gasteiger partial charge in [-0.2, -0.15) is 22.0 Å². The third kappa shape index (κ3) is 4.61. The summed E-state index contributed by atoms with van der Waals surface area (Å²) < 4.78 is 65.6. The normalized spacial score (nSPS) is 19.5. The number of nitrogens with one attached hydrogen (secondary N) is 1. The number of likely N-dealkylation sites (tertiary alicyclic amines) is 1. The van der Waals surface area contributed by atoms with Crippen molar-refractivity contribution in [2.45, 2.75) is 18.6 Å². The maximum absolute atomic E-state index is 14.0. The Morgan fingerprint density at radius 3 is 2.25 bits per heavy atom. The van der Waals surface area contributed by atoms with Crippen LogP contribution in [0.15, 0.2) is 24.3 Å². The van der Waals surface area contributed by atoms with E-state index in [9.17, 15) is 41.1 Å². The largest absolute Gasteiger partial charge is 0.480 e. The first-order valence-electron chi connectivity index (χ1n) is 7.69. The van der Waals surface area contributed by atoms with Gasteiger partial charge in [0.05, 0.1) is 12.1 Å². The van der Waals surface area contributed by atoms with Gasteiger partial charge in [-0.15, -0.1) is 0 Å². The van der Waals surface area contributed by atoms with Crippen LogP contribution in [0.2, 0.25) is 0 Å². The van der Waals surface area contributed by atoms with Crippen LogP contribution in [-0.4, -0.2) is 52.6 Å². The SMILES string of the molecule is O=C(O)CNC(=O)C1C(=O)N(Cc2ccc(C(F)(F)F)cc2)CC(F)(F)C1=O. The lowest BCUT2D eigenvalue weighted by atomic mass is 9.91. The zero-order valence-corrected chi connectivity index (χ0v) is 13.9. The van der Waals surface area contributed by atoms with Crippen LogP contribution in [0.1, 0.15) is 11.1 Å². The van der Waals surface area contributed by atoms with Crippen molar-refractivity contribution in [2.75, 3.05) is 13.1 Å². The molecule has 0 radical (unpaired) electrons. The van der Waals surface area contributed by atoms with Crippen molar-refractivity contribution >= 4 is 23.6 Å². The molecule has 0 spiro atoms. The zero-order chi connectivity index (χ0) is 21.3. The van der Waals surface area contributed by atoms with Crippen LogP contribution in [-0.2, 0) is 31.9 Å². The molecule has 7 nitrogen and oxygen atoms in total. The number of aliphatic carboxylic acids is 1. The van der Waals surface area contributed by atoms with Gasteiger partial charge in [0, 0.05) is 6.54 Å². The molecule has 0 aromatic heterocycles. The van der Waals surface area contributed by atoms with Crippen LogP contribution in [0.3, 0.4) is 0 Å². The average Bonchev–Trinajstić information content (AvgIpc) is 2.57. The molecule has 2 N–H and O–H groups in total. The maximum atomic E-state index is 14.0. The van der Waals surface area contributed by atoms with E-state index >= 15 is 0 Å². The second-order valence-corrected chi connectivity index (χ2v) is 6.00. The number of carboxylic acid groups (broad SMARTS) is 1. The quantitative estimate of drug-likeness (QED) is 0.561. The van der Waals surface area contributed by atoms with Crippen LogP contribution < -0.4 is 5.32 Å². The Morgan fingerprint density at radius 1 is 1.18 bits per heavy atom. The highest BCUT2D eigenvalue weighted by Crippen LogP contribution is 2.31. The summed E-state index contributed by atoms with van der Waals surface area (Å²) in [6.07, 6.45) is -4.60. The van der Waals surface area contributed by atoms with Gasteiger partial charge in [0.25, 0.3) is 0 Å². The van der Waals surface area contributed by atoms with Crippen molar-refractivity contribution in [1.29, 1.82) is 0 Å². The molecule has 1 aromatic rings.